The number of carbonyl (C=O) groups excluding carboxylic acids is 1. The molecule has 2 fully saturated rings. The van der Waals surface area contributed by atoms with E-state index in [9.17, 15) is 9.90 Å². The summed E-state index contributed by atoms with van der Waals surface area (Å²) in [4.78, 5) is 15.2. The van der Waals surface area contributed by atoms with Gasteiger partial charge in [-0.2, -0.15) is 0 Å². The van der Waals surface area contributed by atoms with E-state index >= 15 is 0 Å². The first-order chi connectivity index (χ1) is 17.4. The van der Waals surface area contributed by atoms with Crippen LogP contribution in [0.3, 0.4) is 0 Å². The zero-order chi connectivity index (χ0) is 26.0. The lowest BCUT2D eigenvalue weighted by Gasteiger charge is -2.43. The molecule has 2 aliphatic rings. The second kappa shape index (κ2) is 14.8. The van der Waals surface area contributed by atoms with Crippen molar-refractivity contribution in [2.75, 3.05) is 39.9 Å². The topological polar surface area (TPSA) is 73.8 Å². The number of nitrogens with zero attached hydrogens (tertiary/aromatic N) is 1. The maximum absolute atomic E-state index is 13.4. The first-order valence-corrected chi connectivity index (χ1v) is 14.6. The minimum Gasteiger partial charge on any atom is -0.385 e. The molecule has 36 heavy (non-hydrogen) atoms. The molecule has 0 aromatic heterocycles. The van der Waals surface area contributed by atoms with E-state index in [1.54, 1.807) is 6.07 Å². The van der Waals surface area contributed by atoms with E-state index in [4.69, 9.17) is 27.9 Å². The number of amides is 2. The average molecular weight is 543 g/mol. The third kappa shape index (κ3) is 7.97. The van der Waals surface area contributed by atoms with Crippen LogP contribution >= 0.6 is 23.2 Å². The summed E-state index contributed by atoms with van der Waals surface area (Å²) in [6, 6.07) is 5.54. The van der Waals surface area contributed by atoms with E-state index in [0.717, 1.165) is 38.6 Å². The number of halogens is 2. The highest BCUT2D eigenvalue weighted by molar-refractivity contribution is 6.42. The largest absolute Gasteiger partial charge is 0.385 e. The molecular weight excluding hydrogens is 497 g/mol. The molecule has 1 heterocycles. The number of piperidine rings is 1. The fourth-order valence-corrected chi connectivity index (χ4v) is 6.51. The van der Waals surface area contributed by atoms with E-state index in [1.165, 1.54) is 25.7 Å². The highest BCUT2D eigenvalue weighted by atomic mass is 35.5. The molecule has 1 aliphatic carbocycles. The smallest absolute Gasteiger partial charge is 0.317 e. The molecule has 0 unspecified atom stereocenters. The number of unbranched alkanes of at least 4 members (excludes halogenated alkanes) is 1. The molecule has 6 nitrogen and oxygen atoms in total. The number of hydrogen-bond acceptors (Lipinski definition) is 4. The Hall–Kier alpha value is -1.05. The molecular formula is C28H45Cl2N3O3. The van der Waals surface area contributed by atoms with Gasteiger partial charge in [0, 0.05) is 50.4 Å². The van der Waals surface area contributed by atoms with Gasteiger partial charge < -0.3 is 25.4 Å². The van der Waals surface area contributed by atoms with Crippen molar-refractivity contribution in [2.45, 2.75) is 82.8 Å². The zero-order valence-electron chi connectivity index (χ0n) is 22.0. The first-order valence-electron chi connectivity index (χ1n) is 13.8. The van der Waals surface area contributed by atoms with Crippen LogP contribution in [0.5, 0.6) is 0 Å². The Balaban J connectivity index is 1.72. The maximum Gasteiger partial charge on any atom is 0.317 e. The molecule has 0 bridgehead atoms. The van der Waals surface area contributed by atoms with Crippen LogP contribution in [-0.4, -0.2) is 62.0 Å². The Morgan fingerprint density at radius 1 is 1.22 bits per heavy atom. The molecule has 3 atom stereocenters. The van der Waals surface area contributed by atoms with Gasteiger partial charge in [0.2, 0.25) is 0 Å². The Bertz CT molecular complexity index is 821. The zero-order valence-corrected chi connectivity index (χ0v) is 23.5. The quantitative estimate of drug-likeness (QED) is 0.268. The lowest BCUT2D eigenvalue weighted by Crippen LogP contribution is -2.54. The molecule has 3 N–H and O–H groups in total. The van der Waals surface area contributed by atoms with Crippen molar-refractivity contribution >= 4 is 29.2 Å². The summed E-state index contributed by atoms with van der Waals surface area (Å²) >= 11 is 13.0. The number of hydrogen-bond donors (Lipinski definition) is 3. The van der Waals surface area contributed by atoms with Crippen LogP contribution in [0.4, 0.5) is 4.79 Å². The maximum atomic E-state index is 13.4. The van der Waals surface area contributed by atoms with Crippen molar-refractivity contribution in [2.24, 2.45) is 11.8 Å². The predicted molar refractivity (Wildman–Crippen MR) is 148 cm³/mol. The van der Waals surface area contributed by atoms with E-state index in [1.807, 2.05) is 31.0 Å². The number of likely N-dealkylation sites (N-methyl/N-ethyl adjacent to an activating group) is 1. The van der Waals surface area contributed by atoms with E-state index < -0.39 is 5.60 Å². The number of nitrogens with one attached hydrogen (secondary N) is 2. The van der Waals surface area contributed by atoms with E-state index in [0.29, 0.717) is 54.3 Å². The molecule has 8 heteroatoms. The highest BCUT2D eigenvalue weighted by Gasteiger charge is 2.42. The normalized spacial score (nSPS) is 21.4. The number of ether oxygens (including phenoxy) is 1. The van der Waals surface area contributed by atoms with Crippen LogP contribution < -0.4 is 10.6 Å². The number of benzene rings is 1. The monoisotopic (exact) mass is 541 g/mol. The lowest BCUT2D eigenvalue weighted by atomic mass is 9.74. The Kier molecular flexibility index (Phi) is 12.1. The minimum absolute atomic E-state index is 0.0335. The van der Waals surface area contributed by atoms with Gasteiger partial charge in [0.25, 0.3) is 0 Å². The summed E-state index contributed by atoms with van der Waals surface area (Å²) in [5.74, 6) is 0.571. The van der Waals surface area contributed by atoms with Crippen LogP contribution in [0.25, 0.3) is 0 Å². The summed E-state index contributed by atoms with van der Waals surface area (Å²) in [7, 11) is 1.94. The minimum atomic E-state index is -1.17. The molecule has 2 amide bonds. The van der Waals surface area contributed by atoms with Gasteiger partial charge in [-0.05, 0) is 64.5 Å². The second-order valence-corrected chi connectivity index (χ2v) is 11.3. The molecule has 1 aromatic rings. The van der Waals surface area contributed by atoms with Crippen LogP contribution in [0.1, 0.15) is 76.7 Å². The molecule has 1 saturated heterocycles. The van der Waals surface area contributed by atoms with Gasteiger partial charge in [-0.3, -0.25) is 0 Å². The number of carbonyl (C=O) groups is 1. The molecule has 0 spiro atoms. The Morgan fingerprint density at radius 2 is 2.00 bits per heavy atom. The third-order valence-corrected chi connectivity index (χ3v) is 8.79. The molecule has 1 aliphatic heterocycles. The van der Waals surface area contributed by atoms with Gasteiger partial charge in [0.1, 0.15) is 0 Å². The van der Waals surface area contributed by atoms with Crippen LogP contribution in [0.2, 0.25) is 10.0 Å². The fourth-order valence-electron chi connectivity index (χ4n) is 6.05. The molecule has 0 radical (unpaired) electrons. The summed E-state index contributed by atoms with van der Waals surface area (Å²) in [5, 5.41) is 19.5. The fraction of sp³-hybridized carbons (Fsp3) is 0.750. The van der Waals surface area contributed by atoms with Crippen molar-refractivity contribution in [3.63, 3.8) is 0 Å². The van der Waals surface area contributed by atoms with Crippen LogP contribution in [0, 0.1) is 11.8 Å². The SMILES string of the molecule is CCOCCCC[C@@](O)(c1cccc(Cl)c1Cl)[C@@H]1CCCN(C(=O)N[C@H](CNC)CC2CCCC2)C1. The molecule has 204 valence electrons. The molecule has 1 aromatic carbocycles. The van der Waals surface area contributed by atoms with Crippen molar-refractivity contribution in [3.8, 4) is 0 Å². The van der Waals surface area contributed by atoms with Crippen molar-refractivity contribution in [1.82, 2.24) is 15.5 Å². The van der Waals surface area contributed by atoms with E-state index in [-0.39, 0.29) is 18.0 Å². The van der Waals surface area contributed by atoms with Crippen LogP contribution in [0.15, 0.2) is 18.2 Å². The summed E-state index contributed by atoms with van der Waals surface area (Å²) in [5.41, 5.74) is -0.504. The third-order valence-electron chi connectivity index (χ3n) is 7.97. The average Bonchev–Trinajstić information content (AvgIpc) is 3.38. The van der Waals surface area contributed by atoms with Gasteiger partial charge in [-0.1, -0.05) is 61.0 Å². The lowest BCUT2D eigenvalue weighted by molar-refractivity contribution is -0.0564. The van der Waals surface area contributed by atoms with Gasteiger partial charge in [0.05, 0.1) is 15.6 Å². The summed E-state index contributed by atoms with van der Waals surface area (Å²) < 4.78 is 5.50. The first kappa shape index (κ1) is 29.5. The molecule has 3 rings (SSSR count). The number of likely N-dealkylation sites (tertiary alicyclic amines) is 1. The van der Waals surface area contributed by atoms with Crippen molar-refractivity contribution in [1.29, 1.82) is 0 Å². The predicted octanol–water partition coefficient (Wildman–Crippen LogP) is 5.98. The van der Waals surface area contributed by atoms with Gasteiger partial charge >= 0.3 is 6.03 Å². The number of urea groups is 1. The number of rotatable bonds is 13. The second-order valence-electron chi connectivity index (χ2n) is 10.6. The summed E-state index contributed by atoms with van der Waals surface area (Å²) in [6.07, 6.45) is 10.0. The standard InChI is InChI=1S/C28H45Cl2N3O3/c1-3-36-17-7-6-15-28(35,24-13-8-14-25(29)26(24)30)22-12-9-16-33(20-22)27(34)32-23(19-31-2)18-21-10-4-5-11-21/h8,13-14,21-23,31,35H,3-7,9-12,15-20H2,1-2H3,(H,32,34)/t22-,23+,28+/m1/s1. The van der Waals surface area contributed by atoms with Crippen molar-refractivity contribution in [3.05, 3.63) is 33.8 Å². The van der Waals surface area contributed by atoms with Crippen molar-refractivity contribution < 1.29 is 14.6 Å². The van der Waals surface area contributed by atoms with Gasteiger partial charge in [0.15, 0.2) is 0 Å². The number of aliphatic hydroxyl groups is 1. The molecule has 1 saturated carbocycles. The Labute approximate surface area is 227 Å². The highest BCUT2D eigenvalue weighted by Crippen LogP contribution is 2.44. The summed E-state index contributed by atoms with van der Waals surface area (Å²) in [6.45, 7) is 5.30. The van der Waals surface area contributed by atoms with Gasteiger partial charge in [-0.15, -0.1) is 0 Å². The van der Waals surface area contributed by atoms with Gasteiger partial charge in [-0.25, -0.2) is 4.79 Å². The Morgan fingerprint density at radius 3 is 2.72 bits per heavy atom. The van der Waals surface area contributed by atoms with Crippen LogP contribution in [-0.2, 0) is 10.3 Å². The van der Waals surface area contributed by atoms with E-state index in [2.05, 4.69) is 10.6 Å².